The molecule has 0 bridgehead atoms. The van der Waals surface area contributed by atoms with Gasteiger partial charge in [-0.1, -0.05) is 42.5 Å². The van der Waals surface area contributed by atoms with Gasteiger partial charge in [-0.15, -0.1) is 12.4 Å². The Balaban J connectivity index is 0.00000280. The minimum atomic E-state index is -0.819. The lowest BCUT2D eigenvalue weighted by Gasteiger charge is -2.16. The number of carbonyl (C=O) groups excluding carboxylic acids is 1. The van der Waals surface area contributed by atoms with Crippen LogP contribution in [0.2, 0.25) is 0 Å². The first-order valence-electron chi connectivity index (χ1n) is 9.23. The van der Waals surface area contributed by atoms with Gasteiger partial charge in [-0.05, 0) is 36.1 Å². The molecule has 6 nitrogen and oxygen atoms in total. The number of nitrogens with two attached hydrogens (primary N) is 1. The van der Waals surface area contributed by atoms with Crippen molar-refractivity contribution in [1.29, 1.82) is 0 Å². The van der Waals surface area contributed by atoms with Gasteiger partial charge in [0, 0.05) is 13.1 Å². The molecule has 0 radical (unpaired) electrons. The van der Waals surface area contributed by atoms with Crippen molar-refractivity contribution < 1.29 is 19.4 Å². The van der Waals surface area contributed by atoms with Crippen molar-refractivity contribution in [3.8, 4) is 5.75 Å². The van der Waals surface area contributed by atoms with E-state index in [9.17, 15) is 9.90 Å². The lowest BCUT2D eigenvalue weighted by molar-refractivity contribution is -0.132. The number of benzene rings is 2. The van der Waals surface area contributed by atoms with E-state index < -0.39 is 12.2 Å². The zero-order chi connectivity index (χ0) is 19.1. The SMILES string of the molecule is Cl.NC[C@H]1CC[C@@H](C(=O)NCC(O)c2cccc(OCc3ccccc3)c2)O1. The standard InChI is InChI=1S/C21H26N2O4.ClH/c22-12-18-9-10-20(27-18)21(25)23-13-19(24)16-7-4-8-17(11-16)26-14-15-5-2-1-3-6-15;/h1-8,11,18-20,24H,9-10,12-14,22H2,(H,23,25);1H/t18-,19?,20+;/m1./s1. The topological polar surface area (TPSA) is 93.8 Å². The Morgan fingerprint density at radius 2 is 2.00 bits per heavy atom. The predicted octanol–water partition coefficient (Wildman–Crippen LogP) is 2.34. The number of ether oxygens (including phenoxy) is 2. The Hall–Kier alpha value is -2.12. The second-order valence-corrected chi connectivity index (χ2v) is 6.67. The van der Waals surface area contributed by atoms with Crippen LogP contribution in [0.1, 0.15) is 30.1 Å². The van der Waals surface area contributed by atoms with Gasteiger partial charge in [-0.25, -0.2) is 0 Å². The highest BCUT2D eigenvalue weighted by atomic mass is 35.5. The number of nitrogens with one attached hydrogen (secondary N) is 1. The van der Waals surface area contributed by atoms with E-state index in [4.69, 9.17) is 15.2 Å². The van der Waals surface area contributed by atoms with Crippen LogP contribution in [0.25, 0.3) is 0 Å². The van der Waals surface area contributed by atoms with Crippen molar-refractivity contribution in [3.05, 3.63) is 65.7 Å². The Kier molecular flexibility index (Phi) is 8.73. The molecule has 28 heavy (non-hydrogen) atoms. The molecule has 0 spiro atoms. The van der Waals surface area contributed by atoms with E-state index in [1.54, 1.807) is 6.07 Å². The number of hydrogen-bond acceptors (Lipinski definition) is 5. The summed E-state index contributed by atoms with van der Waals surface area (Å²) in [5.41, 5.74) is 7.32. The molecule has 0 saturated carbocycles. The van der Waals surface area contributed by atoms with Crippen molar-refractivity contribution in [2.45, 2.75) is 37.8 Å². The van der Waals surface area contributed by atoms with Gasteiger partial charge in [0.25, 0.3) is 0 Å². The normalized spacial score (nSPS) is 19.5. The second-order valence-electron chi connectivity index (χ2n) is 6.67. The summed E-state index contributed by atoms with van der Waals surface area (Å²) in [7, 11) is 0. The first kappa shape index (κ1) is 22.2. The molecular formula is C21H27ClN2O4. The summed E-state index contributed by atoms with van der Waals surface area (Å²) >= 11 is 0. The minimum absolute atomic E-state index is 0. The molecular weight excluding hydrogens is 380 g/mol. The summed E-state index contributed by atoms with van der Waals surface area (Å²) in [5, 5.41) is 13.1. The summed E-state index contributed by atoms with van der Waals surface area (Å²) in [5.74, 6) is 0.466. The molecule has 1 aliphatic heterocycles. The van der Waals surface area contributed by atoms with Crippen LogP contribution in [0.4, 0.5) is 0 Å². The number of aliphatic hydroxyl groups is 1. The summed E-state index contributed by atoms with van der Waals surface area (Å²) in [6.07, 6.45) is 0.0983. The molecule has 2 aromatic carbocycles. The van der Waals surface area contributed by atoms with Gasteiger partial charge in [-0.2, -0.15) is 0 Å². The molecule has 1 saturated heterocycles. The average molecular weight is 407 g/mol. The van der Waals surface area contributed by atoms with E-state index in [0.29, 0.717) is 30.9 Å². The maximum Gasteiger partial charge on any atom is 0.249 e. The van der Waals surface area contributed by atoms with E-state index in [0.717, 1.165) is 12.0 Å². The highest BCUT2D eigenvalue weighted by molar-refractivity contribution is 5.85. The molecule has 0 aliphatic carbocycles. The summed E-state index contributed by atoms with van der Waals surface area (Å²) < 4.78 is 11.3. The summed E-state index contributed by atoms with van der Waals surface area (Å²) in [6.45, 7) is 0.995. The van der Waals surface area contributed by atoms with Crippen molar-refractivity contribution in [3.63, 3.8) is 0 Å². The van der Waals surface area contributed by atoms with Crippen molar-refractivity contribution in [1.82, 2.24) is 5.32 Å². The second kappa shape index (κ2) is 11.0. The molecule has 152 valence electrons. The van der Waals surface area contributed by atoms with Crippen molar-refractivity contribution in [2.75, 3.05) is 13.1 Å². The number of carbonyl (C=O) groups is 1. The third-order valence-electron chi connectivity index (χ3n) is 4.62. The first-order chi connectivity index (χ1) is 13.2. The number of rotatable bonds is 8. The van der Waals surface area contributed by atoms with Crippen molar-refractivity contribution >= 4 is 18.3 Å². The first-order valence-corrected chi connectivity index (χ1v) is 9.23. The van der Waals surface area contributed by atoms with Crippen LogP contribution in [-0.4, -0.2) is 36.3 Å². The largest absolute Gasteiger partial charge is 0.489 e. The van der Waals surface area contributed by atoms with Gasteiger partial charge in [0.2, 0.25) is 5.91 Å². The fourth-order valence-electron chi connectivity index (χ4n) is 3.05. The molecule has 2 aromatic rings. The van der Waals surface area contributed by atoms with Crippen LogP contribution in [-0.2, 0) is 16.1 Å². The molecule has 0 aromatic heterocycles. The predicted molar refractivity (Wildman–Crippen MR) is 109 cm³/mol. The number of hydrogen-bond donors (Lipinski definition) is 3. The molecule has 1 amide bonds. The maximum atomic E-state index is 12.2. The lowest BCUT2D eigenvalue weighted by atomic mass is 10.1. The van der Waals surface area contributed by atoms with Crippen LogP contribution >= 0.6 is 12.4 Å². The van der Waals surface area contributed by atoms with E-state index >= 15 is 0 Å². The fourth-order valence-corrected chi connectivity index (χ4v) is 3.05. The van der Waals surface area contributed by atoms with Crippen LogP contribution in [0.5, 0.6) is 5.75 Å². The lowest BCUT2D eigenvalue weighted by Crippen LogP contribution is -2.37. The van der Waals surface area contributed by atoms with Crippen LogP contribution in [0, 0.1) is 0 Å². The third kappa shape index (κ3) is 6.21. The van der Waals surface area contributed by atoms with Gasteiger partial charge >= 0.3 is 0 Å². The molecule has 3 rings (SSSR count). The van der Waals surface area contributed by atoms with Crippen LogP contribution in [0.3, 0.4) is 0 Å². The smallest absolute Gasteiger partial charge is 0.249 e. The third-order valence-corrected chi connectivity index (χ3v) is 4.62. The van der Waals surface area contributed by atoms with E-state index in [1.165, 1.54) is 0 Å². The molecule has 7 heteroatoms. The van der Waals surface area contributed by atoms with Gasteiger partial charge in [0.15, 0.2) is 0 Å². The Bertz CT molecular complexity index is 744. The zero-order valence-electron chi connectivity index (χ0n) is 15.6. The number of halogens is 1. The maximum absolute atomic E-state index is 12.2. The molecule has 4 N–H and O–H groups in total. The number of amides is 1. The Labute approximate surface area is 171 Å². The Morgan fingerprint density at radius 3 is 2.71 bits per heavy atom. The average Bonchev–Trinajstić information content (AvgIpc) is 3.20. The molecule has 1 aliphatic rings. The molecule has 1 fully saturated rings. The highest BCUT2D eigenvalue weighted by Crippen LogP contribution is 2.21. The van der Waals surface area contributed by atoms with Crippen LogP contribution < -0.4 is 15.8 Å². The highest BCUT2D eigenvalue weighted by Gasteiger charge is 2.29. The Morgan fingerprint density at radius 1 is 1.21 bits per heavy atom. The van der Waals surface area contributed by atoms with Crippen molar-refractivity contribution in [2.24, 2.45) is 5.73 Å². The fraction of sp³-hybridized carbons (Fsp3) is 0.381. The monoisotopic (exact) mass is 406 g/mol. The van der Waals surface area contributed by atoms with Gasteiger partial charge in [0.05, 0.1) is 12.2 Å². The zero-order valence-corrected chi connectivity index (χ0v) is 16.4. The molecule has 1 unspecified atom stereocenters. The van der Waals surface area contributed by atoms with Gasteiger partial charge in [0.1, 0.15) is 18.5 Å². The van der Waals surface area contributed by atoms with Gasteiger partial charge in [-0.3, -0.25) is 4.79 Å². The van der Waals surface area contributed by atoms with Gasteiger partial charge < -0.3 is 25.6 Å². The summed E-state index contributed by atoms with van der Waals surface area (Å²) in [6, 6.07) is 17.1. The molecule has 3 atom stereocenters. The minimum Gasteiger partial charge on any atom is -0.489 e. The quantitative estimate of drug-likeness (QED) is 0.625. The molecule has 1 heterocycles. The van der Waals surface area contributed by atoms with E-state index in [1.807, 2.05) is 48.5 Å². The summed E-state index contributed by atoms with van der Waals surface area (Å²) in [4.78, 5) is 12.2. The number of aliphatic hydroxyl groups excluding tert-OH is 1. The van der Waals surface area contributed by atoms with E-state index in [-0.39, 0.29) is 31.0 Å². The van der Waals surface area contributed by atoms with Crippen LogP contribution in [0.15, 0.2) is 54.6 Å². The van der Waals surface area contributed by atoms with E-state index in [2.05, 4.69) is 5.32 Å².